The molecule has 0 amide bonds. The molecule has 1 rings (SSSR count). The van der Waals surface area contributed by atoms with Crippen LogP contribution in [-0.4, -0.2) is 24.8 Å². The summed E-state index contributed by atoms with van der Waals surface area (Å²) in [5.74, 6) is 0.938. The van der Waals surface area contributed by atoms with Crippen molar-refractivity contribution in [2.45, 2.75) is 46.0 Å². The molecule has 0 bridgehead atoms. The number of hydrogen-bond acceptors (Lipinski definition) is 2. The molecule has 2 N–H and O–H groups in total. The monoisotopic (exact) mass is 199 g/mol. The van der Waals surface area contributed by atoms with E-state index in [9.17, 15) is 0 Å². The van der Waals surface area contributed by atoms with Crippen LogP contribution < -0.4 is 5.32 Å². The number of nitrogens with one attached hydrogen (secondary N) is 1. The van der Waals surface area contributed by atoms with Crippen LogP contribution in [0.4, 0.5) is 0 Å². The molecule has 0 aromatic rings. The minimum absolute atomic E-state index is 0.327. The van der Waals surface area contributed by atoms with Gasteiger partial charge in [0.05, 0.1) is 0 Å². The topological polar surface area (TPSA) is 32.3 Å². The van der Waals surface area contributed by atoms with E-state index in [0.29, 0.717) is 12.0 Å². The molecule has 1 fully saturated rings. The maximum Gasteiger partial charge on any atom is 0.0431 e. The second-order valence-corrected chi connectivity index (χ2v) is 5.22. The van der Waals surface area contributed by atoms with Crippen LogP contribution in [0.5, 0.6) is 0 Å². The van der Waals surface area contributed by atoms with Gasteiger partial charge in [0, 0.05) is 13.2 Å². The fourth-order valence-corrected chi connectivity index (χ4v) is 2.11. The zero-order chi connectivity index (χ0) is 10.4. The molecule has 0 radical (unpaired) electrons. The van der Waals surface area contributed by atoms with E-state index in [1.54, 1.807) is 0 Å². The van der Waals surface area contributed by atoms with Crippen molar-refractivity contribution in [2.75, 3.05) is 19.7 Å². The van der Waals surface area contributed by atoms with Crippen molar-refractivity contribution in [3.63, 3.8) is 0 Å². The van der Waals surface area contributed by atoms with E-state index in [4.69, 9.17) is 5.11 Å². The highest BCUT2D eigenvalue weighted by Crippen LogP contribution is 2.41. The predicted octanol–water partition coefficient (Wildman–Crippen LogP) is 2.17. The number of hydrogen-bond donors (Lipinski definition) is 2. The molecule has 0 aromatic heterocycles. The van der Waals surface area contributed by atoms with Crippen LogP contribution in [0.3, 0.4) is 0 Å². The summed E-state index contributed by atoms with van der Waals surface area (Å²) in [4.78, 5) is 0. The van der Waals surface area contributed by atoms with E-state index >= 15 is 0 Å². The third-order valence-corrected chi connectivity index (χ3v) is 3.55. The van der Waals surface area contributed by atoms with Crippen LogP contribution >= 0.6 is 0 Å². The summed E-state index contributed by atoms with van der Waals surface area (Å²) in [7, 11) is 0. The molecule has 1 aliphatic carbocycles. The van der Waals surface area contributed by atoms with Gasteiger partial charge in [-0.25, -0.2) is 0 Å². The Morgan fingerprint density at radius 3 is 2.50 bits per heavy atom. The lowest BCUT2D eigenvalue weighted by atomic mass is 9.67. The SMILES string of the molecule is CC(C)(CNCCCCO)C1CCC1. The standard InChI is InChI=1S/C12H25NO/c1-12(2,11-6-5-7-11)10-13-8-3-4-9-14/h11,13-14H,3-10H2,1-2H3. The zero-order valence-corrected chi connectivity index (χ0v) is 9.68. The van der Waals surface area contributed by atoms with Gasteiger partial charge < -0.3 is 10.4 Å². The van der Waals surface area contributed by atoms with Crippen molar-refractivity contribution >= 4 is 0 Å². The summed E-state index contributed by atoms with van der Waals surface area (Å²) < 4.78 is 0. The molecular formula is C12H25NO. The number of unbranched alkanes of at least 4 members (excludes halogenated alkanes) is 1. The van der Waals surface area contributed by atoms with E-state index < -0.39 is 0 Å². The van der Waals surface area contributed by atoms with Gasteiger partial charge in [-0.15, -0.1) is 0 Å². The first-order chi connectivity index (χ1) is 6.67. The van der Waals surface area contributed by atoms with Crippen molar-refractivity contribution in [1.82, 2.24) is 5.32 Å². The van der Waals surface area contributed by atoms with Gasteiger partial charge >= 0.3 is 0 Å². The van der Waals surface area contributed by atoms with Crippen molar-refractivity contribution in [3.8, 4) is 0 Å². The molecule has 1 aliphatic rings. The lowest BCUT2D eigenvalue weighted by Crippen LogP contribution is -2.39. The van der Waals surface area contributed by atoms with Gasteiger partial charge in [-0.1, -0.05) is 20.3 Å². The molecule has 0 heterocycles. The number of rotatable bonds is 7. The van der Waals surface area contributed by atoms with E-state index in [0.717, 1.165) is 31.8 Å². The van der Waals surface area contributed by atoms with Gasteiger partial charge in [0.15, 0.2) is 0 Å². The Morgan fingerprint density at radius 2 is 2.00 bits per heavy atom. The zero-order valence-electron chi connectivity index (χ0n) is 9.68. The van der Waals surface area contributed by atoms with Gasteiger partial charge in [-0.05, 0) is 43.6 Å². The van der Waals surface area contributed by atoms with Crippen molar-refractivity contribution in [3.05, 3.63) is 0 Å². The first kappa shape index (κ1) is 12.0. The predicted molar refractivity (Wildman–Crippen MR) is 60.3 cm³/mol. The Bertz CT molecular complexity index is 152. The third-order valence-electron chi connectivity index (χ3n) is 3.55. The van der Waals surface area contributed by atoms with Crippen LogP contribution in [0.15, 0.2) is 0 Å². The lowest BCUT2D eigenvalue weighted by Gasteiger charge is -2.40. The minimum Gasteiger partial charge on any atom is -0.396 e. The Morgan fingerprint density at radius 1 is 1.29 bits per heavy atom. The number of aliphatic hydroxyl groups excluding tert-OH is 1. The quantitative estimate of drug-likeness (QED) is 0.616. The first-order valence-electron chi connectivity index (χ1n) is 5.98. The molecule has 0 aliphatic heterocycles. The summed E-state index contributed by atoms with van der Waals surface area (Å²) >= 11 is 0. The van der Waals surface area contributed by atoms with Gasteiger partial charge in [0.1, 0.15) is 0 Å². The molecule has 2 nitrogen and oxygen atoms in total. The molecule has 0 aromatic carbocycles. The summed E-state index contributed by atoms with van der Waals surface area (Å²) in [6.45, 7) is 7.25. The largest absolute Gasteiger partial charge is 0.396 e. The maximum atomic E-state index is 8.63. The average Bonchev–Trinajstić information content (AvgIpc) is 1.99. The smallest absolute Gasteiger partial charge is 0.0431 e. The lowest BCUT2D eigenvalue weighted by molar-refractivity contribution is 0.119. The molecule has 0 spiro atoms. The normalized spacial score (nSPS) is 18.2. The minimum atomic E-state index is 0.327. The van der Waals surface area contributed by atoms with Crippen molar-refractivity contribution < 1.29 is 5.11 Å². The van der Waals surface area contributed by atoms with E-state index in [1.165, 1.54) is 19.3 Å². The van der Waals surface area contributed by atoms with E-state index in [-0.39, 0.29) is 0 Å². The van der Waals surface area contributed by atoms with Crippen LogP contribution in [0.2, 0.25) is 0 Å². The summed E-state index contributed by atoms with van der Waals surface area (Å²) in [6.07, 6.45) is 6.29. The average molecular weight is 199 g/mol. The van der Waals surface area contributed by atoms with Gasteiger partial charge in [0.25, 0.3) is 0 Å². The Kier molecular flexibility index (Phi) is 4.90. The Balaban J connectivity index is 2.03. The summed E-state index contributed by atoms with van der Waals surface area (Å²) in [5.41, 5.74) is 0.470. The molecule has 84 valence electrons. The van der Waals surface area contributed by atoms with Crippen LogP contribution in [0.1, 0.15) is 46.0 Å². The second-order valence-electron chi connectivity index (χ2n) is 5.22. The Hall–Kier alpha value is -0.0800. The summed E-state index contributed by atoms with van der Waals surface area (Å²) in [6, 6.07) is 0. The molecule has 14 heavy (non-hydrogen) atoms. The number of aliphatic hydroxyl groups is 1. The molecule has 0 saturated heterocycles. The highest BCUT2D eigenvalue weighted by molar-refractivity contribution is 4.85. The first-order valence-corrected chi connectivity index (χ1v) is 5.98. The third kappa shape index (κ3) is 3.58. The molecule has 0 unspecified atom stereocenters. The van der Waals surface area contributed by atoms with Crippen molar-refractivity contribution in [2.24, 2.45) is 11.3 Å². The molecule has 1 saturated carbocycles. The van der Waals surface area contributed by atoms with Crippen LogP contribution in [0, 0.1) is 11.3 Å². The van der Waals surface area contributed by atoms with Gasteiger partial charge in [0.2, 0.25) is 0 Å². The second kappa shape index (κ2) is 5.72. The van der Waals surface area contributed by atoms with Gasteiger partial charge in [-0.3, -0.25) is 0 Å². The fourth-order valence-electron chi connectivity index (χ4n) is 2.11. The van der Waals surface area contributed by atoms with Crippen molar-refractivity contribution in [1.29, 1.82) is 0 Å². The van der Waals surface area contributed by atoms with Crippen LogP contribution in [-0.2, 0) is 0 Å². The van der Waals surface area contributed by atoms with Gasteiger partial charge in [-0.2, -0.15) is 0 Å². The maximum absolute atomic E-state index is 8.63. The molecule has 0 atom stereocenters. The fraction of sp³-hybridized carbons (Fsp3) is 1.00. The van der Waals surface area contributed by atoms with E-state index in [2.05, 4.69) is 19.2 Å². The highest BCUT2D eigenvalue weighted by Gasteiger charge is 2.33. The molecular weight excluding hydrogens is 174 g/mol. The van der Waals surface area contributed by atoms with E-state index in [1.807, 2.05) is 0 Å². The Labute approximate surface area is 88.1 Å². The highest BCUT2D eigenvalue weighted by atomic mass is 16.2. The molecule has 2 heteroatoms. The van der Waals surface area contributed by atoms with Crippen LogP contribution in [0.25, 0.3) is 0 Å². The summed E-state index contributed by atoms with van der Waals surface area (Å²) in [5, 5.41) is 12.1.